The maximum atomic E-state index is 12.5. The Labute approximate surface area is 180 Å². The molecule has 4 N–H and O–H groups in total. The predicted molar refractivity (Wildman–Crippen MR) is 120 cm³/mol. The van der Waals surface area contributed by atoms with Gasteiger partial charge in [-0.1, -0.05) is 64.1 Å². The van der Waals surface area contributed by atoms with Crippen LogP contribution >= 0.6 is 0 Å². The number of carbonyl (C=O) groups excluding carboxylic acids is 1. The number of benzene rings is 2. The molecule has 0 saturated heterocycles. The van der Waals surface area contributed by atoms with Crippen molar-refractivity contribution in [2.75, 3.05) is 6.54 Å². The number of amides is 1. The van der Waals surface area contributed by atoms with Crippen LogP contribution in [0.1, 0.15) is 69.3 Å². The summed E-state index contributed by atoms with van der Waals surface area (Å²) in [5.41, 5.74) is 3.26. The van der Waals surface area contributed by atoms with Crippen molar-refractivity contribution in [1.82, 2.24) is 10.6 Å². The van der Waals surface area contributed by atoms with Gasteiger partial charge in [-0.25, -0.2) is 13.6 Å². The van der Waals surface area contributed by atoms with Crippen LogP contribution in [0.5, 0.6) is 0 Å². The van der Waals surface area contributed by atoms with Gasteiger partial charge in [0.25, 0.3) is 0 Å². The quantitative estimate of drug-likeness (QED) is 0.564. The average Bonchev–Trinajstić information content (AvgIpc) is 2.67. The lowest BCUT2D eigenvalue weighted by molar-refractivity contribution is -0.121. The zero-order valence-electron chi connectivity index (χ0n) is 18.3. The van der Waals surface area contributed by atoms with E-state index in [1.165, 1.54) is 17.7 Å². The minimum Gasteiger partial charge on any atom is -0.348 e. The van der Waals surface area contributed by atoms with Crippen molar-refractivity contribution in [2.24, 2.45) is 11.1 Å². The highest BCUT2D eigenvalue weighted by atomic mass is 32.2. The van der Waals surface area contributed by atoms with Crippen molar-refractivity contribution in [2.45, 2.75) is 57.5 Å². The third-order valence-corrected chi connectivity index (χ3v) is 6.13. The van der Waals surface area contributed by atoms with Crippen LogP contribution in [-0.4, -0.2) is 20.9 Å². The second kappa shape index (κ2) is 10.2. The van der Waals surface area contributed by atoms with Crippen molar-refractivity contribution in [3.8, 4) is 0 Å². The lowest BCUT2D eigenvalue weighted by Crippen LogP contribution is -2.38. The normalized spacial score (nSPS) is 14.0. The molecular formula is C23H33N3O3S. The summed E-state index contributed by atoms with van der Waals surface area (Å²) >= 11 is 0. The standard InChI is InChI=1S/C23H33N3O3S/c1-15(2)18-6-8-20(9-7-18)23(16(3)4)25-14-22(27)26-17(5)19-10-12-21(13-11-19)30(24,28)29/h6-13,15-17,23,25H,14H2,1-5H3,(H,26,27)(H2,24,28,29)/t17-,23-/m0/s1. The first kappa shape index (κ1) is 24.1. The molecule has 0 fully saturated rings. The van der Waals surface area contributed by atoms with E-state index in [2.05, 4.69) is 62.6 Å². The molecule has 0 unspecified atom stereocenters. The van der Waals surface area contributed by atoms with Gasteiger partial charge in [0.05, 0.1) is 17.5 Å². The first-order valence-electron chi connectivity index (χ1n) is 10.2. The second-order valence-corrected chi connectivity index (χ2v) is 9.89. The van der Waals surface area contributed by atoms with E-state index in [-0.39, 0.29) is 29.4 Å². The van der Waals surface area contributed by atoms with Crippen molar-refractivity contribution >= 4 is 15.9 Å². The fourth-order valence-corrected chi connectivity index (χ4v) is 3.87. The third-order valence-electron chi connectivity index (χ3n) is 5.20. The van der Waals surface area contributed by atoms with Crippen LogP contribution in [0.2, 0.25) is 0 Å². The summed E-state index contributed by atoms with van der Waals surface area (Å²) in [5.74, 6) is 0.684. The highest BCUT2D eigenvalue weighted by Crippen LogP contribution is 2.24. The van der Waals surface area contributed by atoms with Crippen molar-refractivity contribution in [3.05, 3.63) is 65.2 Å². The Morgan fingerprint density at radius 2 is 1.37 bits per heavy atom. The molecule has 7 heteroatoms. The molecule has 2 aromatic carbocycles. The summed E-state index contributed by atoms with van der Waals surface area (Å²) in [6.07, 6.45) is 0. The molecule has 30 heavy (non-hydrogen) atoms. The van der Waals surface area contributed by atoms with Gasteiger partial charge in [0.2, 0.25) is 15.9 Å². The Morgan fingerprint density at radius 1 is 0.867 bits per heavy atom. The fraction of sp³-hybridized carbons (Fsp3) is 0.435. The Bertz CT molecular complexity index is 937. The summed E-state index contributed by atoms with van der Waals surface area (Å²) in [5, 5.41) is 11.4. The maximum absolute atomic E-state index is 12.5. The molecule has 0 heterocycles. The SMILES string of the molecule is CC(C)c1ccc([C@@H](NCC(=O)N[C@@H](C)c2ccc(S(N)(=O)=O)cc2)C(C)C)cc1. The Morgan fingerprint density at radius 3 is 1.83 bits per heavy atom. The zero-order chi connectivity index (χ0) is 22.5. The summed E-state index contributed by atoms with van der Waals surface area (Å²) in [4.78, 5) is 12.5. The third kappa shape index (κ3) is 6.65. The van der Waals surface area contributed by atoms with E-state index in [1.54, 1.807) is 12.1 Å². The molecule has 2 atom stereocenters. The molecule has 0 spiro atoms. The minimum atomic E-state index is -3.73. The second-order valence-electron chi connectivity index (χ2n) is 8.33. The summed E-state index contributed by atoms with van der Waals surface area (Å²) in [6.45, 7) is 10.6. The van der Waals surface area contributed by atoms with Gasteiger partial charge in [-0.05, 0) is 47.6 Å². The van der Waals surface area contributed by atoms with Gasteiger partial charge in [0, 0.05) is 6.04 Å². The number of nitrogens with one attached hydrogen (secondary N) is 2. The highest BCUT2D eigenvalue weighted by Gasteiger charge is 2.18. The molecule has 0 aromatic heterocycles. The number of hydrogen-bond acceptors (Lipinski definition) is 4. The van der Waals surface area contributed by atoms with Gasteiger partial charge >= 0.3 is 0 Å². The molecule has 0 aliphatic heterocycles. The number of hydrogen-bond donors (Lipinski definition) is 3. The topological polar surface area (TPSA) is 101 Å². The smallest absolute Gasteiger partial charge is 0.238 e. The van der Waals surface area contributed by atoms with Crippen LogP contribution in [0.25, 0.3) is 0 Å². The lowest BCUT2D eigenvalue weighted by atomic mass is 9.93. The van der Waals surface area contributed by atoms with Gasteiger partial charge in [0.15, 0.2) is 0 Å². The molecule has 1 amide bonds. The van der Waals surface area contributed by atoms with Gasteiger partial charge < -0.3 is 10.6 Å². The van der Waals surface area contributed by atoms with Crippen molar-refractivity contribution in [1.29, 1.82) is 0 Å². The van der Waals surface area contributed by atoms with E-state index in [9.17, 15) is 13.2 Å². The average molecular weight is 432 g/mol. The molecule has 0 saturated carbocycles. The monoisotopic (exact) mass is 431 g/mol. The largest absolute Gasteiger partial charge is 0.348 e. The van der Waals surface area contributed by atoms with Gasteiger partial charge in [0.1, 0.15) is 0 Å². The number of sulfonamides is 1. The highest BCUT2D eigenvalue weighted by molar-refractivity contribution is 7.89. The molecule has 0 aliphatic rings. The summed E-state index contributed by atoms with van der Waals surface area (Å²) in [6, 6.07) is 14.6. The van der Waals surface area contributed by atoms with Crippen LogP contribution in [0, 0.1) is 5.92 Å². The number of carbonyl (C=O) groups is 1. The number of nitrogens with two attached hydrogens (primary N) is 1. The van der Waals surface area contributed by atoms with Crippen LogP contribution in [0.15, 0.2) is 53.4 Å². The van der Waals surface area contributed by atoms with Crippen molar-refractivity contribution in [3.63, 3.8) is 0 Å². The van der Waals surface area contributed by atoms with E-state index in [1.807, 2.05) is 6.92 Å². The van der Waals surface area contributed by atoms with Crippen LogP contribution < -0.4 is 15.8 Å². The Kier molecular flexibility index (Phi) is 8.18. The van der Waals surface area contributed by atoms with E-state index in [4.69, 9.17) is 5.14 Å². The van der Waals surface area contributed by atoms with E-state index in [0.717, 1.165) is 11.1 Å². The van der Waals surface area contributed by atoms with Crippen LogP contribution in [0.3, 0.4) is 0 Å². The van der Waals surface area contributed by atoms with E-state index >= 15 is 0 Å². The van der Waals surface area contributed by atoms with Crippen molar-refractivity contribution < 1.29 is 13.2 Å². The summed E-state index contributed by atoms with van der Waals surface area (Å²) < 4.78 is 22.7. The minimum absolute atomic E-state index is 0.0507. The predicted octanol–water partition coefficient (Wildman–Crippen LogP) is 3.62. The molecule has 2 aromatic rings. The molecule has 6 nitrogen and oxygen atoms in total. The molecule has 0 aliphatic carbocycles. The Balaban J connectivity index is 1.97. The van der Waals surface area contributed by atoms with Gasteiger partial charge in [-0.2, -0.15) is 0 Å². The number of rotatable bonds is 9. The zero-order valence-corrected chi connectivity index (χ0v) is 19.2. The number of primary sulfonamides is 1. The van der Waals surface area contributed by atoms with E-state index in [0.29, 0.717) is 11.8 Å². The molecular weight excluding hydrogens is 398 g/mol. The molecule has 0 radical (unpaired) electrons. The van der Waals surface area contributed by atoms with E-state index < -0.39 is 10.0 Å². The van der Waals surface area contributed by atoms with Gasteiger partial charge in [-0.3, -0.25) is 4.79 Å². The maximum Gasteiger partial charge on any atom is 0.238 e. The molecule has 2 rings (SSSR count). The first-order valence-corrected chi connectivity index (χ1v) is 11.8. The summed E-state index contributed by atoms with van der Waals surface area (Å²) in [7, 11) is -3.73. The fourth-order valence-electron chi connectivity index (χ4n) is 3.35. The van der Waals surface area contributed by atoms with Gasteiger partial charge in [-0.15, -0.1) is 0 Å². The molecule has 164 valence electrons. The Hall–Kier alpha value is -2.22. The van der Waals surface area contributed by atoms with Crippen LogP contribution in [-0.2, 0) is 14.8 Å². The molecule has 0 bridgehead atoms. The first-order chi connectivity index (χ1) is 14.0. The van der Waals surface area contributed by atoms with Crippen LogP contribution in [0.4, 0.5) is 0 Å². The lowest BCUT2D eigenvalue weighted by Gasteiger charge is -2.24.